The molecule has 0 aliphatic carbocycles. The molecule has 0 radical (unpaired) electrons. The van der Waals surface area contributed by atoms with E-state index in [0.29, 0.717) is 17.9 Å². The van der Waals surface area contributed by atoms with Gasteiger partial charge in [-0.2, -0.15) is 9.41 Å². The zero-order valence-electron chi connectivity index (χ0n) is 21.1. The average Bonchev–Trinajstić information content (AvgIpc) is 3.24. The number of phenols is 1. The summed E-state index contributed by atoms with van der Waals surface area (Å²) in [5, 5.41) is 15.4. The first kappa shape index (κ1) is 27.2. The molecule has 1 saturated heterocycles. The van der Waals surface area contributed by atoms with Crippen molar-refractivity contribution in [2.45, 2.75) is 76.2 Å². The van der Waals surface area contributed by atoms with Crippen molar-refractivity contribution in [2.75, 3.05) is 6.54 Å². The molecule has 1 amide bonds. The number of nitrogens with one attached hydrogen (secondary N) is 1. The Labute approximate surface area is 213 Å². The van der Waals surface area contributed by atoms with E-state index < -0.39 is 22.0 Å². The first-order valence-electron chi connectivity index (χ1n) is 11.6. The summed E-state index contributed by atoms with van der Waals surface area (Å²) in [6, 6.07) is 8.77. The average molecular weight is 520 g/mol. The third-order valence-corrected chi connectivity index (χ3v) is 8.24. The number of benzene rings is 2. The first-order chi connectivity index (χ1) is 16.1. The topological polar surface area (TPSA) is 99.1 Å². The van der Waals surface area contributed by atoms with Crippen LogP contribution in [-0.4, -0.2) is 42.5 Å². The molecule has 0 saturated carbocycles. The first-order valence-corrected chi connectivity index (χ1v) is 13.4. The van der Waals surface area contributed by atoms with E-state index >= 15 is 0 Å². The van der Waals surface area contributed by atoms with Gasteiger partial charge in [0.2, 0.25) is 10.0 Å². The number of sulfonamides is 1. The quantitative estimate of drug-likeness (QED) is 0.431. The Bertz CT molecular complexity index is 1190. The van der Waals surface area contributed by atoms with Crippen LogP contribution in [0.2, 0.25) is 5.02 Å². The maximum Gasteiger partial charge on any atom is 0.258 e. The van der Waals surface area contributed by atoms with Crippen molar-refractivity contribution in [2.24, 2.45) is 5.10 Å². The second-order valence-corrected chi connectivity index (χ2v) is 13.3. The summed E-state index contributed by atoms with van der Waals surface area (Å²) in [4.78, 5) is 13.0. The zero-order chi connectivity index (χ0) is 26.2. The maximum absolute atomic E-state index is 13.1. The van der Waals surface area contributed by atoms with Gasteiger partial charge in [-0.25, -0.2) is 13.8 Å². The van der Waals surface area contributed by atoms with Crippen molar-refractivity contribution in [3.63, 3.8) is 0 Å². The summed E-state index contributed by atoms with van der Waals surface area (Å²) < 4.78 is 27.4. The lowest BCUT2D eigenvalue weighted by Crippen LogP contribution is -2.44. The van der Waals surface area contributed by atoms with Crippen LogP contribution in [0.4, 0.5) is 0 Å². The van der Waals surface area contributed by atoms with Crippen LogP contribution in [0.1, 0.15) is 71.1 Å². The Hall–Kier alpha value is -2.42. The number of nitrogens with zero attached hydrogens (tertiary/aromatic N) is 2. The fourth-order valence-corrected chi connectivity index (χ4v) is 5.93. The molecule has 2 aromatic carbocycles. The van der Waals surface area contributed by atoms with Crippen LogP contribution in [0.5, 0.6) is 5.75 Å². The monoisotopic (exact) mass is 519 g/mol. The molecule has 35 heavy (non-hydrogen) atoms. The second kappa shape index (κ2) is 9.91. The van der Waals surface area contributed by atoms with Gasteiger partial charge < -0.3 is 5.11 Å². The van der Waals surface area contributed by atoms with E-state index in [-0.39, 0.29) is 28.0 Å². The van der Waals surface area contributed by atoms with Crippen molar-refractivity contribution < 1.29 is 18.3 Å². The number of hydrazone groups is 1. The summed E-state index contributed by atoms with van der Waals surface area (Å²) in [5.74, 6) is -0.220. The van der Waals surface area contributed by atoms with Gasteiger partial charge in [0.15, 0.2) is 0 Å². The van der Waals surface area contributed by atoms with Gasteiger partial charge in [0.25, 0.3) is 5.91 Å². The van der Waals surface area contributed by atoms with Gasteiger partial charge in [-0.3, -0.25) is 4.79 Å². The summed E-state index contributed by atoms with van der Waals surface area (Å²) >= 11 is 5.88. The number of hydrogen-bond donors (Lipinski definition) is 2. The minimum atomic E-state index is -3.84. The van der Waals surface area contributed by atoms with Gasteiger partial charge >= 0.3 is 0 Å². The smallest absolute Gasteiger partial charge is 0.258 e. The molecule has 0 bridgehead atoms. The third-order valence-electron chi connectivity index (χ3n) is 6.06. The minimum Gasteiger partial charge on any atom is -0.507 e. The predicted octanol–water partition coefficient (Wildman–Crippen LogP) is 4.94. The number of hydrogen-bond acceptors (Lipinski definition) is 5. The van der Waals surface area contributed by atoms with Gasteiger partial charge in [-0.15, -0.1) is 0 Å². The van der Waals surface area contributed by atoms with Crippen LogP contribution >= 0.6 is 11.6 Å². The van der Waals surface area contributed by atoms with E-state index in [1.165, 1.54) is 34.8 Å². The molecular formula is C26H34ClN3O4S. The van der Waals surface area contributed by atoms with E-state index in [9.17, 15) is 18.3 Å². The standard InChI is InChI=1S/C26H34ClN3O4S/c1-25(2,3)20-14-17(15-21(23(20)31)26(4,5)6)16-28-29-24(32)22-8-7-13-30(22)35(33,34)19-11-9-18(27)10-12-19/h9-12,14-16,22,31H,7-8,13H2,1-6H3,(H,29,32)/b28-16-/t22-/m0/s1. The molecule has 2 N–H and O–H groups in total. The molecule has 3 rings (SSSR count). The minimum absolute atomic E-state index is 0.0959. The predicted molar refractivity (Wildman–Crippen MR) is 140 cm³/mol. The highest BCUT2D eigenvalue weighted by Crippen LogP contribution is 2.39. The highest BCUT2D eigenvalue weighted by molar-refractivity contribution is 7.89. The maximum atomic E-state index is 13.1. The van der Waals surface area contributed by atoms with Crippen LogP contribution in [0.15, 0.2) is 46.4 Å². The molecule has 0 aromatic heterocycles. The SMILES string of the molecule is CC(C)(C)c1cc(/C=N\NC(=O)[C@@H]2CCCN2S(=O)(=O)c2ccc(Cl)cc2)cc(C(C)(C)C)c1O. The highest BCUT2D eigenvalue weighted by Gasteiger charge is 2.39. The molecular weight excluding hydrogens is 486 g/mol. The van der Waals surface area contributed by atoms with Crippen LogP contribution in [0, 0.1) is 0 Å². The molecule has 0 spiro atoms. The van der Waals surface area contributed by atoms with Gasteiger partial charge in [0, 0.05) is 22.7 Å². The second-order valence-electron chi connectivity index (χ2n) is 10.9. The molecule has 1 aliphatic heterocycles. The number of rotatable bonds is 5. The Morgan fingerprint density at radius 1 is 1.09 bits per heavy atom. The summed E-state index contributed by atoms with van der Waals surface area (Å²) in [7, 11) is -3.84. The van der Waals surface area contributed by atoms with Crippen LogP contribution in [0.25, 0.3) is 0 Å². The number of carbonyl (C=O) groups excluding carboxylic acids is 1. The summed E-state index contributed by atoms with van der Waals surface area (Å²) in [6.07, 6.45) is 2.51. The lowest BCUT2D eigenvalue weighted by atomic mass is 9.78. The number of phenolic OH excluding ortho intramolecular Hbond substituents is 1. The molecule has 1 aliphatic rings. The van der Waals surface area contributed by atoms with Crippen LogP contribution < -0.4 is 5.43 Å². The number of halogens is 1. The van der Waals surface area contributed by atoms with Crippen molar-refractivity contribution in [1.82, 2.24) is 9.73 Å². The van der Waals surface area contributed by atoms with Crippen LogP contribution in [-0.2, 0) is 25.6 Å². The molecule has 2 aromatic rings. The lowest BCUT2D eigenvalue weighted by Gasteiger charge is -2.27. The van der Waals surface area contributed by atoms with Crippen molar-refractivity contribution in [1.29, 1.82) is 0 Å². The Kier molecular flexibility index (Phi) is 7.70. The molecule has 7 nitrogen and oxygen atoms in total. The zero-order valence-corrected chi connectivity index (χ0v) is 22.7. The fraction of sp³-hybridized carbons (Fsp3) is 0.462. The molecule has 1 atom stereocenters. The fourth-order valence-electron chi connectivity index (χ4n) is 4.15. The van der Waals surface area contributed by atoms with Crippen molar-refractivity contribution >= 4 is 33.7 Å². The Morgan fingerprint density at radius 2 is 1.63 bits per heavy atom. The third kappa shape index (κ3) is 6.05. The molecule has 1 fully saturated rings. The van der Waals surface area contributed by atoms with Gasteiger partial charge in [0.1, 0.15) is 11.8 Å². The van der Waals surface area contributed by atoms with Gasteiger partial charge in [0.05, 0.1) is 11.1 Å². The lowest BCUT2D eigenvalue weighted by molar-refractivity contribution is -0.124. The molecule has 1 heterocycles. The molecule has 9 heteroatoms. The normalized spacial score (nSPS) is 17.7. The molecule has 0 unspecified atom stereocenters. The number of amides is 1. The van der Waals surface area contributed by atoms with Crippen molar-refractivity contribution in [3.8, 4) is 5.75 Å². The number of aromatic hydroxyl groups is 1. The number of carbonyl (C=O) groups is 1. The van der Waals surface area contributed by atoms with E-state index in [2.05, 4.69) is 10.5 Å². The van der Waals surface area contributed by atoms with E-state index in [4.69, 9.17) is 11.6 Å². The highest BCUT2D eigenvalue weighted by atomic mass is 35.5. The Morgan fingerprint density at radius 3 is 2.14 bits per heavy atom. The summed E-state index contributed by atoms with van der Waals surface area (Å²) in [5.41, 5.74) is 4.22. The largest absolute Gasteiger partial charge is 0.507 e. The van der Waals surface area contributed by atoms with Gasteiger partial charge in [-0.1, -0.05) is 53.1 Å². The van der Waals surface area contributed by atoms with Gasteiger partial charge in [-0.05, 0) is 65.6 Å². The van der Waals surface area contributed by atoms with Crippen molar-refractivity contribution in [3.05, 3.63) is 58.1 Å². The molecule has 190 valence electrons. The van der Waals surface area contributed by atoms with E-state index in [1.807, 2.05) is 53.7 Å². The van der Waals surface area contributed by atoms with Crippen LogP contribution in [0.3, 0.4) is 0 Å². The van der Waals surface area contributed by atoms with E-state index in [0.717, 1.165) is 16.7 Å². The van der Waals surface area contributed by atoms with E-state index in [1.54, 1.807) is 0 Å². The summed E-state index contributed by atoms with van der Waals surface area (Å²) in [6.45, 7) is 12.4. The Balaban J connectivity index is 1.82.